The van der Waals surface area contributed by atoms with Crippen molar-refractivity contribution in [2.45, 2.75) is 11.3 Å². The molecule has 0 amide bonds. The van der Waals surface area contributed by atoms with E-state index in [0.29, 0.717) is 6.07 Å². The summed E-state index contributed by atoms with van der Waals surface area (Å²) in [5, 5.41) is 13.4. The van der Waals surface area contributed by atoms with Crippen LogP contribution in [0.5, 0.6) is 5.88 Å². The quantitative estimate of drug-likeness (QED) is 0.789. The van der Waals surface area contributed by atoms with Crippen molar-refractivity contribution in [3.05, 3.63) is 11.6 Å². The summed E-state index contributed by atoms with van der Waals surface area (Å²) in [7, 11) is -4.44. The number of nitrogen functional groups attached to an aromatic ring is 1. The van der Waals surface area contributed by atoms with Crippen molar-refractivity contribution < 1.29 is 26.3 Å². The zero-order chi connectivity index (χ0) is 14.1. The van der Waals surface area contributed by atoms with Crippen LogP contribution in [0.4, 0.5) is 19.0 Å². The van der Waals surface area contributed by atoms with E-state index in [4.69, 9.17) is 16.1 Å². The molecule has 0 atom stereocenters. The molecule has 98 valence electrons. The maximum absolute atomic E-state index is 12.0. The van der Waals surface area contributed by atoms with Crippen LogP contribution in [0, 0.1) is 11.3 Å². The fraction of sp³-hybridized carbons (Fsp3) is 0.143. The minimum Gasteiger partial charge on any atom is -0.386 e. The van der Waals surface area contributed by atoms with Crippen molar-refractivity contribution in [3.8, 4) is 11.9 Å². The molecule has 0 saturated heterocycles. The number of ether oxygens (including phenoxy) is 1. The smallest absolute Gasteiger partial charge is 0.386 e. The van der Waals surface area contributed by atoms with Crippen LogP contribution < -0.4 is 15.6 Å². The van der Waals surface area contributed by atoms with Crippen molar-refractivity contribution >= 4 is 15.8 Å². The number of hydrogen-bond donors (Lipinski definition) is 2. The van der Waals surface area contributed by atoms with E-state index in [1.807, 2.05) is 0 Å². The second-order valence-electron chi connectivity index (χ2n) is 2.93. The van der Waals surface area contributed by atoms with Crippen LogP contribution in [0.15, 0.2) is 11.0 Å². The van der Waals surface area contributed by atoms with Crippen LogP contribution in [0.2, 0.25) is 0 Å². The molecule has 0 bridgehead atoms. The van der Waals surface area contributed by atoms with Gasteiger partial charge in [-0.2, -0.15) is 10.2 Å². The Morgan fingerprint density at radius 3 is 2.39 bits per heavy atom. The third-order valence-corrected chi connectivity index (χ3v) is 2.54. The van der Waals surface area contributed by atoms with E-state index in [9.17, 15) is 21.6 Å². The number of nitrogens with two attached hydrogens (primary N) is 2. The summed E-state index contributed by atoms with van der Waals surface area (Å²) in [5.74, 6) is -1.86. The van der Waals surface area contributed by atoms with E-state index < -0.39 is 38.5 Å². The average molecular weight is 282 g/mol. The minimum absolute atomic E-state index is 0.586. The first-order chi connectivity index (χ1) is 8.04. The molecule has 1 heterocycles. The maximum atomic E-state index is 12.0. The van der Waals surface area contributed by atoms with Gasteiger partial charge in [-0.05, 0) is 0 Å². The molecule has 0 radical (unpaired) electrons. The Bertz CT molecular complexity index is 620. The third kappa shape index (κ3) is 3.22. The molecule has 1 aromatic heterocycles. The average Bonchev–Trinajstić information content (AvgIpc) is 2.12. The predicted octanol–water partition coefficient (Wildman–Crippen LogP) is 0.0815. The number of aromatic nitrogens is 1. The van der Waals surface area contributed by atoms with Crippen LogP contribution >= 0.6 is 0 Å². The maximum Gasteiger partial charge on any atom is 0.574 e. The highest BCUT2D eigenvalue weighted by atomic mass is 32.2. The first kappa shape index (κ1) is 14.0. The van der Waals surface area contributed by atoms with Crippen molar-refractivity contribution in [1.82, 2.24) is 4.98 Å². The van der Waals surface area contributed by atoms with Crippen LogP contribution in [-0.2, 0) is 10.0 Å². The first-order valence-electron chi connectivity index (χ1n) is 4.04. The molecule has 0 saturated carbocycles. The van der Waals surface area contributed by atoms with E-state index in [1.165, 1.54) is 6.07 Å². The summed E-state index contributed by atoms with van der Waals surface area (Å²) >= 11 is 0. The molecular weight excluding hydrogens is 277 g/mol. The highest BCUT2D eigenvalue weighted by molar-refractivity contribution is 7.89. The molecule has 18 heavy (non-hydrogen) atoms. The molecule has 0 fully saturated rings. The van der Waals surface area contributed by atoms with Crippen LogP contribution in [0.3, 0.4) is 0 Å². The van der Waals surface area contributed by atoms with Gasteiger partial charge in [0, 0.05) is 6.07 Å². The van der Waals surface area contributed by atoms with Crippen LogP contribution in [0.25, 0.3) is 0 Å². The molecule has 1 rings (SSSR count). The lowest BCUT2D eigenvalue weighted by molar-refractivity contribution is -0.276. The summed E-state index contributed by atoms with van der Waals surface area (Å²) in [6.45, 7) is 0. The minimum atomic E-state index is -5.15. The number of sulfonamides is 1. The van der Waals surface area contributed by atoms with Crippen LogP contribution in [-0.4, -0.2) is 19.8 Å². The molecule has 7 nitrogen and oxygen atoms in total. The number of hydrogen-bond acceptors (Lipinski definition) is 6. The molecule has 0 aliphatic heterocycles. The zero-order valence-electron chi connectivity index (χ0n) is 8.39. The van der Waals surface area contributed by atoms with Gasteiger partial charge in [0.25, 0.3) is 0 Å². The van der Waals surface area contributed by atoms with Crippen molar-refractivity contribution in [2.24, 2.45) is 5.14 Å². The van der Waals surface area contributed by atoms with Gasteiger partial charge in [0.15, 0.2) is 0 Å². The monoisotopic (exact) mass is 282 g/mol. The summed E-state index contributed by atoms with van der Waals surface area (Å²) in [6.07, 6.45) is -5.15. The Balaban J connectivity index is 3.55. The van der Waals surface area contributed by atoms with Gasteiger partial charge in [-0.1, -0.05) is 0 Å². The Morgan fingerprint density at radius 1 is 1.44 bits per heavy atom. The number of anilines is 1. The van der Waals surface area contributed by atoms with Gasteiger partial charge in [0.05, 0.1) is 0 Å². The highest BCUT2D eigenvalue weighted by Gasteiger charge is 2.34. The fourth-order valence-electron chi connectivity index (χ4n) is 1.03. The molecule has 0 aromatic carbocycles. The summed E-state index contributed by atoms with van der Waals surface area (Å²) < 4.78 is 61.7. The van der Waals surface area contributed by atoms with Gasteiger partial charge in [-0.25, -0.2) is 13.6 Å². The van der Waals surface area contributed by atoms with Crippen molar-refractivity contribution in [2.75, 3.05) is 5.73 Å². The number of halogens is 3. The summed E-state index contributed by atoms with van der Waals surface area (Å²) in [5.41, 5.74) is 4.14. The lowest BCUT2D eigenvalue weighted by Gasteiger charge is -2.11. The van der Waals surface area contributed by atoms with Gasteiger partial charge in [0.2, 0.25) is 15.9 Å². The Hall–Kier alpha value is -2.06. The predicted molar refractivity (Wildman–Crippen MR) is 51.4 cm³/mol. The second-order valence-corrected chi connectivity index (χ2v) is 4.46. The number of pyridine rings is 1. The second kappa shape index (κ2) is 4.31. The number of primary sulfonamides is 1. The first-order valence-corrected chi connectivity index (χ1v) is 5.58. The molecule has 0 spiro atoms. The molecule has 0 unspecified atom stereocenters. The normalized spacial score (nSPS) is 11.9. The van der Waals surface area contributed by atoms with E-state index in [0.717, 1.165) is 0 Å². The van der Waals surface area contributed by atoms with Gasteiger partial charge in [-0.15, -0.1) is 13.2 Å². The highest BCUT2D eigenvalue weighted by Crippen LogP contribution is 2.29. The van der Waals surface area contributed by atoms with Crippen LogP contribution in [0.1, 0.15) is 5.56 Å². The fourth-order valence-corrected chi connectivity index (χ4v) is 1.73. The summed E-state index contributed by atoms with van der Waals surface area (Å²) in [4.78, 5) is 2.20. The number of nitrogens with zero attached hydrogens (tertiary/aromatic N) is 2. The standard InChI is InChI=1S/C7H5F3N4O3S/c8-7(9,10)17-6-3(2-11)4(18(13,15)16)1-5(12)14-6/h1H,(H2,12,14)(H2,13,15,16). The number of alkyl halides is 3. The van der Waals surface area contributed by atoms with Crippen molar-refractivity contribution in [1.29, 1.82) is 5.26 Å². The molecule has 1 aromatic rings. The topological polar surface area (TPSA) is 132 Å². The lowest BCUT2D eigenvalue weighted by Crippen LogP contribution is -2.21. The lowest BCUT2D eigenvalue weighted by atomic mass is 10.3. The van der Waals surface area contributed by atoms with E-state index >= 15 is 0 Å². The van der Waals surface area contributed by atoms with Gasteiger partial charge in [-0.3, -0.25) is 0 Å². The van der Waals surface area contributed by atoms with Gasteiger partial charge in [0.1, 0.15) is 22.3 Å². The summed E-state index contributed by atoms with van der Waals surface area (Å²) in [6, 6.07) is 1.88. The Labute approximate surface area is 98.8 Å². The zero-order valence-corrected chi connectivity index (χ0v) is 9.21. The van der Waals surface area contributed by atoms with E-state index in [2.05, 4.69) is 9.72 Å². The Morgan fingerprint density at radius 2 is 2.00 bits per heavy atom. The van der Waals surface area contributed by atoms with E-state index in [-0.39, 0.29) is 0 Å². The molecule has 4 N–H and O–H groups in total. The molecule has 0 aliphatic rings. The van der Waals surface area contributed by atoms with Gasteiger partial charge >= 0.3 is 6.36 Å². The van der Waals surface area contributed by atoms with Crippen molar-refractivity contribution in [3.63, 3.8) is 0 Å². The number of nitriles is 1. The molecule has 0 aliphatic carbocycles. The third-order valence-electron chi connectivity index (χ3n) is 1.60. The Kier molecular flexibility index (Phi) is 3.36. The van der Waals surface area contributed by atoms with Gasteiger partial charge < -0.3 is 10.5 Å². The molecular formula is C7H5F3N4O3S. The largest absolute Gasteiger partial charge is 0.574 e. The number of rotatable bonds is 2. The molecule has 11 heteroatoms. The van der Waals surface area contributed by atoms with E-state index in [1.54, 1.807) is 0 Å². The SMILES string of the molecule is N#Cc1c(S(N)(=O)=O)cc(N)nc1OC(F)(F)F.